The van der Waals surface area contributed by atoms with Crippen molar-refractivity contribution in [3.05, 3.63) is 87.8 Å². The number of rotatable bonds is 10. The molecular formula is C36H40FN5O5S. The van der Waals surface area contributed by atoms with Gasteiger partial charge in [-0.15, -0.1) is 11.3 Å². The highest BCUT2D eigenvalue weighted by molar-refractivity contribution is 7.09. The van der Waals surface area contributed by atoms with Crippen LogP contribution in [0.3, 0.4) is 0 Å². The number of nitrogens with one attached hydrogen (secondary N) is 2. The van der Waals surface area contributed by atoms with E-state index in [1.165, 1.54) is 11.3 Å². The summed E-state index contributed by atoms with van der Waals surface area (Å²) >= 11 is 1.49. The Bertz CT molecular complexity index is 1750. The fourth-order valence-corrected chi connectivity index (χ4v) is 6.88. The highest BCUT2D eigenvalue weighted by atomic mass is 32.1. The van der Waals surface area contributed by atoms with E-state index in [-0.39, 0.29) is 41.1 Å². The van der Waals surface area contributed by atoms with Crippen LogP contribution in [0.1, 0.15) is 76.9 Å². The van der Waals surface area contributed by atoms with Gasteiger partial charge in [-0.25, -0.2) is 14.4 Å². The molecule has 2 aromatic heterocycles. The van der Waals surface area contributed by atoms with E-state index in [1.54, 1.807) is 23.6 Å². The zero-order valence-electron chi connectivity index (χ0n) is 27.1. The normalized spacial score (nSPS) is 18.4. The standard InChI is InChI=1S/C36H40FN5O5S/c1-22(2)36-41-32(21-48-36)34(45)40-27-8-6-26(7-9-27)39-33(44)31-18-25(37)19-38-35(31)47-29-5-3-4-23(17-29)30-11-10-28(43)16-24(30)20-42-12-14-46-15-13-42/h3-5,10-11,16-19,21-22,26-27,43H,6-9,12-15,20H2,1-2H3,(H,39,44)(H,40,45)/t26-,27+. The summed E-state index contributed by atoms with van der Waals surface area (Å²) in [6.07, 6.45) is 3.73. The van der Waals surface area contributed by atoms with Crippen molar-refractivity contribution in [1.29, 1.82) is 0 Å². The second-order valence-corrected chi connectivity index (χ2v) is 13.5. The zero-order valence-corrected chi connectivity index (χ0v) is 27.9. The first-order valence-electron chi connectivity index (χ1n) is 16.3. The number of aromatic hydroxyl groups is 1. The van der Waals surface area contributed by atoms with Crippen molar-refractivity contribution in [2.75, 3.05) is 26.3 Å². The third-order valence-electron chi connectivity index (χ3n) is 8.65. The van der Waals surface area contributed by atoms with E-state index in [0.29, 0.717) is 56.9 Å². The Kier molecular flexibility index (Phi) is 10.6. The Hall–Kier alpha value is -4.39. The Balaban J connectivity index is 1.10. The van der Waals surface area contributed by atoms with Gasteiger partial charge in [0, 0.05) is 43.0 Å². The quantitative estimate of drug-likeness (QED) is 0.180. The molecule has 2 fully saturated rings. The van der Waals surface area contributed by atoms with Crippen LogP contribution in [0.25, 0.3) is 11.1 Å². The summed E-state index contributed by atoms with van der Waals surface area (Å²) < 4.78 is 25.9. The number of hydrogen-bond donors (Lipinski definition) is 3. The molecule has 0 unspecified atom stereocenters. The van der Waals surface area contributed by atoms with Crippen LogP contribution in [-0.4, -0.2) is 70.2 Å². The maximum atomic E-state index is 14.4. The van der Waals surface area contributed by atoms with Gasteiger partial charge in [-0.3, -0.25) is 14.5 Å². The Labute approximate surface area is 283 Å². The molecule has 0 radical (unpaired) electrons. The molecule has 1 aliphatic carbocycles. The molecule has 3 N–H and O–H groups in total. The number of nitrogens with zero attached hydrogens (tertiary/aromatic N) is 3. The third-order valence-corrected chi connectivity index (χ3v) is 9.80. The molecule has 3 heterocycles. The number of pyridine rings is 1. The van der Waals surface area contributed by atoms with E-state index >= 15 is 0 Å². The molecule has 4 aromatic rings. The number of ether oxygens (including phenoxy) is 2. The number of thiazole rings is 1. The summed E-state index contributed by atoms with van der Waals surface area (Å²) in [5.74, 6) is -0.416. The Morgan fingerprint density at radius 3 is 2.48 bits per heavy atom. The van der Waals surface area contributed by atoms with Gasteiger partial charge in [0.2, 0.25) is 5.88 Å². The summed E-state index contributed by atoms with van der Waals surface area (Å²) in [7, 11) is 0. The van der Waals surface area contributed by atoms with Crippen LogP contribution in [-0.2, 0) is 11.3 Å². The topological polar surface area (TPSA) is 126 Å². The number of benzene rings is 2. The molecule has 10 nitrogen and oxygen atoms in total. The van der Waals surface area contributed by atoms with Crippen molar-refractivity contribution in [3.63, 3.8) is 0 Å². The molecule has 1 saturated heterocycles. The van der Waals surface area contributed by atoms with Crippen LogP contribution in [0.4, 0.5) is 4.39 Å². The Morgan fingerprint density at radius 1 is 1.04 bits per heavy atom. The summed E-state index contributed by atoms with van der Waals surface area (Å²) in [5.41, 5.74) is 3.20. The van der Waals surface area contributed by atoms with Crippen molar-refractivity contribution < 1.29 is 28.6 Å². The van der Waals surface area contributed by atoms with Crippen LogP contribution >= 0.6 is 11.3 Å². The number of carbonyl (C=O) groups excluding carboxylic acids is 2. The first-order valence-corrected chi connectivity index (χ1v) is 17.2. The largest absolute Gasteiger partial charge is 0.508 e. The average molecular weight is 674 g/mol. The molecule has 0 spiro atoms. The lowest BCUT2D eigenvalue weighted by Crippen LogP contribution is -2.44. The highest BCUT2D eigenvalue weighted by Gasteiger charge is 2.27. The van der Waals surface area contributed by atoms with E-state index in [4.69, 9.17) is 9.47 Å². The lowest BCUT2D eigenvalue weighted by molar-refractivity contribution is 0.0342. The summed E-state index contributed by atoms with van der Waals surface area (Å²) in [6.45, 7) is 7.71. The minimum absolute atomic E-state index is 0.00189. The number of phenols is 1. The minimum Gasteiger partial charge on any atom is -0.508 e. The second-order valence-electron chi connectivity index (χ2n) is 12.6. The first kappa shape index (κ1) is 33.5. The summed E-state index contributed by atoms with van der Waals surface area (Å²) in [5, 5.41) is 19.0. The van der Waals surface area contributed by atoms with E-state index in [2.05, 4.69) is 25.5 Å². The van der Waals surface area contributed by atoms with E-state index in [1.807, 2.05) is 38.1 Å². The predicted molar refractivity (Wildman–Crippen MR) is 181 cm³/mol. The number of aromatic nitrogens is 2. The van der Waals surface area contributed by atoms with Crippen LogP contribution in [0.15, 0.2) is 60.1 Å². The van der Waals surface area contributed by atoms with Gasteiger partial charge in [0.05, 0.1) is 24.4 Å². The maximum Gasteiger partial charge on any atom is 0.270 e. The van der Waals surface area contributed by atoms with Gasteiger partial charge < -0.3 is 25.2 Å². The number of halogens is 1. The lowest BCUT2D eigenvalue weighted by atomic mass is 9.91. The monoisotopic (exact) mass is 673 g/mol. The smallest absolute Gasteiger partial charge is 0.270 e. The molecule has 1 saturated carbocycles. The third kappa shape index (κ3) is 8.36. The molecule has 2 aromatic carbocycles. The molecule has 2 aliphatic rings. The molecule has 252 valence electrons. The van der Waals surface area contributed by atoms with Gasteiger partial charge in [0.1, 0.15) is 28.6 Å². The van der Waals surface area contributed by atoms with Crippen molar-refractivity contribution in [2.45, 2.75) is 64.1 Å². The first-order chi connectivity index (χ1) is 23.2. The van der Waals surface area contributed by atoms with Crippen molar-refractivity contribution in [1.82, 2.24) is 25.5 Å². The average Bonchev–Trinajstić information content (AvgIpc) is 3.59. The van der Waals surface area contributed by atoms with Gasteiger partial charge in [-0.05, 0) is 72.7 Å². The molecule has 1 aliphatic heterocycles. The Morgan fingerprint density at radius 2 is 1.77 bits per heavy atom. The van der Waals surface area contributed by atoms with Crippen molar-refractivity contribution in [2.24, 2.45) is 0 Å². The van der Waals surface area contributed by atoms with Crippen molar-refractivity contribution in [3.8, 4) is 28.5 Å². The van der Waals surface area contributed by atoms with E-state index < -0.39 is 11.7 Å². The predicted octanol–water partition coefficient (Wildman–Crippen LogP) is 6.27. The van der Waals surface area contributed by atoms with Gasteiger partial charge in [-0.2, -0.15) is 0 Å². The number of morpholine rings is 1. The summed E-state index contributed by atoms with van der Waals surface area (Å²) in [4.78, 5) is 37.0. The van der Waals surface area contributed by atoms with Gasteiger partial charge in [-0.1, -0.05) is 32.0 Å². The second kappa shape index (κ2) is 15.2. The number of phenolic OH excluding ortho intramolecular Hbond substituents is 1. The molecule has 6 rings (SSSR count). The summed E-state index contributed by atoms with van der Waals surface area (Å²) in [6, 6.07) is 13.7. The molecule has 48 heavy (non-hydrogen) atoms. The minimum atomic E-state index is -0.646. The number of carbonyl (C=O) groups is 2. The number of amides is 2. The van der Waals surface area contributed by atoms with Gasteiger partial charge in [0.25, 0.3) is 11.8 Å². The van der Waals surface area contributed by atoms with Crippen molar-refractivity contribution >= 4 is 23.2 Å². The van der Waals surface area contributed by atoms with E-state index in [9.17, 15) is 19.1 Å². The van der Waals surface area contributed by atoms with E-state index in [0.717, 1.165) is 47.1 Å². The highest BCUT2D eigenvalue weighted by Crippen LogP contribution is 2.33. The van der Waals surface area contributed by atoms with Gasteiger partial charge >= 0.3 is 0 Å². The van der Waals surface area contributed by atoms with Crippen LogP contribution in [0.2, 0.25) is 0 Å². The van der Waals surface area contributed by atoms with Crippen LogP contribution in [0.5, 0.6) is 17.4 Å². The number of hydrogen-bond acceptors (Lipinski definition) is 9. The van der Waals surface area contributed by atoms with Gasteiger partial charge in [0.15, 0.2) is 0 Å². The molecule has 0 atom stereocenters. The molecule has 0 bridgehead atoms. The molecule has 2 amide bonds. The lowest BCUT2D eigenvalue weighted by Gasteiger charge is -2.29. The van der Waals surface area contributed by atoms with Crippen LogP contribution in [0, 0.1) is 5.82 Å². The maximum absolute atomic E-state index is 14.4. The molecule has 12 heteroatoms. The van der Waals surface area contributed by atoms with Crippen LogP contribution < -0.4 is 15.4 Å². The SMILES string of the molecule is CC(C)c1nc(C(=O)N[C@H]2CC[C@@H](NC(=O)c3cc(F)cnc3Oc3cccc(-c4ccc(O)cc4CN4CCOCC4)c3)CC2)cs1. The molecular weight excluding hydrogens is 633 g/mol. The zero-order chi connectivity index (χ0) is 33.6. The fourth-order valence-electron chi connectivity index (χ4n) is 6.06. The fraction of sp³-hybridized carbons (Fsp3) is 0.389.